The fraction of sp³-hybridized carbons (Fsp3) is 0.125. The number of benzene rings is 1. The Morgan fingerprint density at radius 3 is 2.45 bits per heavy atom. The van der Waals surface area contributed by atoms with Crippen molar-refractivity contribution < 1.29 is 4.79 Å². The van der Waals surface area contributed by atoms with Crippen molar-refractivity contribution in [3.8, 4) is 0 Å². The van der Waals surface area contributed by atoms with Gasteiger partial charge in [0.25, 0.3) is 0 Å². The molecule has 0 N–H and O–H groups in total. The summed E-state index contributed by atoms with van der Waals surface area (Å²) in [5.41, 5.74) is 0.626. The Balaban J connectivity index is 3.27. The molecule has 0 bridgehead atoms. The molecule has 0 aromatic heterocycles. The summed E-state index contributed by atoms with van der Waals surface area (Å²) in [4.78, 5) is 12.3. The number of thiol groups is 2. The predicted octanol–water partition coefficient (Wildman–Crippen LogP) is 2.47. The van der Waals surface area contributed by atoms with Crippen LogP contribution in [-0.2, 0) is 0 Å². The highest BCUT2D eigenvalue weighted by atomic mass is 32.1. The average molecular weight is 184 g/mol. The number of carbonyl (C=O) groups is 1. The summed E-state index contributed by atoms with van der Waals surface area (Å²) in [5, 5.41) is 0. The molecule has 0 unspecified atom stereocenters. The van der Waals surface area contributed by atoms with E-state index in [-0.39, 0.29) is 5.78 Å². The second-order valence-corrected chi connectivity index (χ2v) is 3.16. The van der Waals surface area contributed by atoms with E-state index in [0.717, 1.165) is 4.90 Å². The SMILES string of the molecule is CC(=O)c1cccc(S)c1S. The Labute approximate surface area is 76.6 Å². The second kappa shape index (κ2) is 3.32. The normalized spacial score (nSPS) is 9.73. The van der Waals surface area contributed by atoms with Crippen molar-refractivity contribution in [1.29, 1.82) is 0 Å². The Morgan fingerprint density at radius 2 is 2.00 bits per heavy atom. The Morgan fingerprint density at radius 1 is 1.36 bits per heavy atom. The highest BCUT2D eigenvalue weighted by Gasteiger charge is 2.04. The number of Topliss-reactive ketones (excluding diaryl/α,β-unsaturated/α-hetero) is 1. The molecule has 0 fully saturated rings. The molecule has 58 valence electrons. The molecule has 0 radical (unpaired) electrons. The van der Waals surface area contributed by atoms with Crippen molar-refractivity contribution in [3.05, 3.63) is 23.8 Å². The van der Waals surface area contributed by atoms with Gasteiger partial charge in [-0.05, 0) is 13.0 Å². The van der Waals surface area contributed by atoms with Gasteiger partial charge in [0.2, 0.25) is 0 Å². The third-order valence-corrected chi connectivity index (χ3v) is 2.42. The fourth-order valence-corrected chi connectivity index (χ4v) is 1.33. The molecule has 0 aliphatic heterocycles. The lowest BCUT2D eigenvalue weighted by atomic mass is 10.1. The summed E-state index contributed by atoms with van der Waals surface area (Å²) < 4.78 is 0. The molecule has 0 saturated carbocycles. The third-order valence-electron chi connectivity index (χ3n) is 1.39. The molecule has 0 saturated heterocycles. The molecule has 0 amide bonds. The lowest BCUT2D eigenvalue weighted by Gasteiger charge is -2.01. The van der Waals surface area contributed by atoms with E-state index in [4.69, 9.17) is 0 Å². The Kier molecular flexibility index (Phi) is 2.62. The van der Waals surface area contributed by atoms with Crippen LogP contribution in [0, 0.1) is 0 Å². The summed E-state index contributed by atoms with van der Waals surface area (Å²) in [5.74, 6) is 0.0194. The van der Waals surface area contributed by atoms with E-state index in [2.05, 4.69) is 25.3 Å². The minimum Gasteiger partial charge on any atom is -0.294 e. The van der Waals surface area contributed by atoms with Crippen molar-refractivity contribution >= 4 is 31.0 Å². The van der Waals surface area contributed by atoms with E-state index in [9.17, 15) is 4.79 Å². The standard InChI is InChI=1S/C8H8OS2/c1-5(9)6-3-2-4-7(10)8(6)11/h2-4,10-11H,1H3. The lowest BCUT2D eigenvalue weighted by Crippen LogP contribution is -1.93. The van der Waals surface area contributed by atoms with Crippen molar-refractivity contribution in [1.82, 2.24) is 0 Å². The third kappa shape index (κ3) is 1.79. The van der Waals surface area contributed by atoms with Crippen LogP contribution in [-0.4, -0.2) is 5.78 Å². The van der Waals surface area contributed by atoms with Gasteiger partial charge >= 0.3 is 0 Å². The van der Waals surface area contributed by atoms with Crippen molar-refractivity contribution in [2.75, 3.05) is 0 Å². The minimum absolute atomic E-state index is 0.0194. The van der Waals surface area contributed by atoms with Crippen LogP contribution < -0.4 is 0 Å². The zero-order valence-electron chi connectivity index (χ0n) is 6.03. The molecular formula is C8H8OS2. The molecule has 0 atom stereocenters. The number of hydrogen-bond acceptors (Lipinski definition) is 3. The van der Waals surface area contributed by atoms with Crippen LogP contribution in [0.15, 0.2) is 28.0 Å². The maximum Gasteiger partial charge on any atom is 0.160 e. The molecule has 1 aromatic rings. The largest absolute Gasteiger partial charge is 0.294 e. The molecule has 1 nitrogen and oxygen atoms in total. The quantitative estimate of drug-likeness (QED) is 0.506. The van der Waals surface area contributed by atoms with E-state index >= 15 is 0 Å². The van der Waals surface area contributed by atoms with Gasteiger partial charge in [0.1, 0.15) is 0 Å². The average Bonchev–Trinajstić information content (AvgIpc) is 1.94. The molecule has 11 heavy (non-hydrogen) atoms. The zero-order valence-corrected chi connectivity index (χ0v) is 7.82. The monoisotopic (exact) mass is 184 g/mol. The van der Waals surface area contributed by atoms with Gasteiger partial charge in [0, 0.05) is 15.4 Å². The van der Waals surface area contributed by atoms with Crippen molar-refractivity contribution in [3.63, 3.8) is 0 Å². The van der Waals surface area contributed by atoms with Gasteiger partial charge in [0.15, 0.2) is 5.78 Å². The van der Waals surface area contributed by atoms with Gasteiger partial charge in [0.05, 0.1) is 0 Å². The number of ketones is 1. The minimum atomic E-state index is 0.0194. The van der Waals surface area contributed by atoms with Crippen LogP contribution in [0.25, 0.3) is 0 Å². The zero-order chi connectivity index (χ0) is 8.43. The molecule has 0 aliphatic rings. The molecule has 1 aromatic carbocycles. The first-order valence-corrected chi connectivity index (χ1v) is 4.04. The Hall–Kier alpha value is -0.410. The summed E-state index contributed by atoms with van der Waals surface area (Å²) in [6.07, 6.45) is 0. The molecule has 3 heteroatoms. The summed E-state index contributed by atoms with van der Waals surface area (Å²) in [6, 6.07) is 5.33. The first kappa shape index (κ1) is 8.68. The van der Waals surface area contributed by atoms with Gasteiger partial charge < -0.3 is 0 Å². The van der Waals surface area contributed by atoms with Gasteiger partial charge in [-0.25, -0.2) is 0 Å². The summed E-state index contributed by atoms with van der Waals surface area (Å²) in [7, 11) is 0. The smallest absolute Gasteiger partial charge is 0.160 e. The fourth-order valence-electron chi connectivity index (χ4n) is 0.815. The number of hydrogen-bond donors (Lipinski definition) is 2. The Bertz CT molecular complexity index is 294. The summed E-state index contributed by atoms with van der Waals surface area (Å²) in [6.45, 7) is 1.52. The summed E-state index contributed by atoms with van der Waals surface area (Å²) >= 11 is 8.29. The molecule has 0 spiro atoms. The first-order valence-electron chi connectivity index (χ1n) is 3.15. The van der Waals surface area contributed by atoms with E-state index in [1.54, 1.807) is 18.2 Å². The van der Waals surface area contributed by atoms with E-state index in [1.807, 2.05) is 0 Å². The van der Waals surface area contributed by atoms with Crippen LogP contribution >= 0.6 is 25.3 Å². The van der Waals surface area contributed by atoms with Gasteiger partial charge in [-0.3, -0.25) is 4.79 Å². The number of carbonyl (C=O) groups excluding carboxylic acids is 1. The topological polar surface area (TPSA) is 17.1 Å². The van der Waals surface area contributed by atoms with E-state index in [1.165, 1.54) is 6.92 Å². The molecule has 0 heterocycles. The predicted molar refractivity (Wildman–Crippen MR) is 51.0 cm³/mol. The van der Waals surface area contributed by atoms with Crippen LogP contribution in [0.2, 0.25) is 0 Å². The highest BCUT2D eigenvalue weighted by molar-refractivity contribution is 7.83. The van der Waals surface area contributed by atoms with E-state index < -0.39 is 0 Å². The first-order chi connectivity index (χ1) is 5.13. The van der Waals surface area contributed by atoms with Crippen molar-refractivity contribution in [2.24, 2.45) is 0 Å². The van der Waals surface area contributed by atoms with Gasteiger partial charge in [-0.2, -0.15) is 0 Å². The second-order valence-electron chi connectivity index (χ2n) is 2.23. The van der Waals surface area contributed by atoms with Crippen LogP contribution in [0.5, 0.6) is 0 Å². The van der Waals surface area contributed by atoms with Crippen LogP contribution in [0.4, 0.5) is 0 Å². The van der Waals surface area contributed by atoms with Gasteiger partial charge in [-0.15, -0.1) is 25.3 Å². The molecule has 1 rings (SSSR count). The lowest BCUT2D eigenvalue weighted by molar-refractivity contribution is 0.101. The highest BCUT2D eigenvalue weighted by Crippen LogP contribution is 2.22. The number of rotatable bonds is 1. The molecular weight excluding hydrogens is 176 g/mol. The van der Waals surface area contributed by atoms with E-state index in [0.29, 0.717) is 10.5 Å². The van der Waals surface area contributed by atoms with Crippen LogP contribution in [0.3, 0.4) is 0 Å². The maximum absolute atomic E-state index is 10.9. The maximum atomic E-state index is 10.9. The van der Waals surface area contributed by atoms with Crippen molar-refractivity contribution in [2.45, 2.75) is 16.7 Å². The van der Waals surface area contributed by atoms with Gasteiger partial charge in [-0.1, -0.05) is 12.1 Å². The van der Waals surface area contributed by atoms with Crippen LogP contribution in [0.1, 0.15) is 17.3 Å². The molecule has 0 aliphatic carbocycles.